The van der Waals surface area contributed by atoms with E-state index in [0.29, 0.717) is 49.8 Å². The predicted molar refractivity (Wildman–Crippen MR) is 130 cm³/mol. The molecule has 1 atom stereocenters. The summed E-state index contributed by atoms with van der Waals surface area (Å²) >= 11 is 0. The smallest absolute Gasteiger partial charge is 0.226 e. The number of hydrogen-bond donors (Lipinski definition) is 0. The van der Waals surface area contributed by atoms with Crippen LogP contribution in [0.15, 0.2) is 40.9 Å². The van der Waals surface area contributed by atoms with Crippen molar-refractivity contribution in [1.29, 1.82) is 0 Å². The summed E-state index contributed by atoms with van der Waals surface area (Å²) < 4.78 is 30.3. The van der Waals surface area contributed by atoms with E-state index in [9.17, 15) is 9.18 Å². The number of halogens is 1. The van der Waals surface area contributed by atoms with Crippen LogP contribution in [0, 0.1) is 5.82 Å². The van der Waals surface area contributed by atoms with E-state index in [1.807, 2.05) is 0 Å². The third kappa shape index (κ3) is 4.12. The van der Waals surface area contributed by atoms with E-state index in [1.165, 1.54) is 36.1 Å². The molecule has 188 valence electrons. The molecule has 1 fully saturated rings. The molecule has 0 saturated heterocycles. The zero-order chi connectivity index (χ0) is 24.7. The molecule has 3 heterocycles. The number of rotatable bonds is 5. The predicted octanol–water partition coefficient (Wildman–Crippen LogP) is 5.38. The average Bonchev–Trinajstić information content (AvgIpc) is 3.56. The molecule has 1 amide bonds. The largest absolute Gasteiger partial charge is 0.486 e. The first-order valence-electron chi connectivity index (χ1n) is 12.8. The first kappa shape index (κ1) is 23.0. The van der Waals surface area contributed by atoms with E-state index in [0.717, 1.165) is 30.9 Å². The highest BCUT2D eigenvalue weighted by Crippen LogP contribution is 2.52. The summed E-state index contributed by atoms with van der Waals surface area (Å²) in [6, 6.07) is 10.2. The van der Waals surface area contributed by atoms with Gasteiger partial charge < -0.3 is 18.9 Å². The molecule has 3 aliphatic rings. The fraction of sp³-hybridized carbons (Fsp3) is 0.464. The molecule has 1 aromatic heterocycles. The minimum absolute atomic E-state index is 0.0100. The molecule has 0 bridgehead atoms. The molecule has 3 aromatic rings. The highest BCUT2D eigenvalue weighted by atomic mass is 19.1. The monoisotopic (exact) mass is 491 g/mol. The van der Waals surface area contributed by atoms with E-state index in [4.69, 9.17) is 14.0 Å². The molecule has 8 heteroatoms. The van der Waals surface area contributed by atoms with Crippen LogP contribution in [0.4, 0.5) is 4.39 Å². The normalized spacial score (nSPS) is 19.9. The first-order valence-corrected chi connectivity index (χ1v) is 12.8. The van der Waals surface area contributed by atoms with Gasteiger partial charge in [0.1, 0.15) is 19.0 Å². The quantitative estimate of drug-likeness (QED) is 0.477. The maximum Gasteiger partial charge on any atom is 0.226 e. The van der Waals surface area contributed by atoms with Crippen molar-refractivity contribution in [1.82, 2.24) is 15.0 Å². The first-order chi connectivity index (χ1) is 17.5. The molecule has 1 aliphatic carbocycles. The second kappa shape index (κ2) is 9.22. The number of carbonyl (C=O) groups is 1. The van der Waals surface area contributed by atoms with Crippen molar-refractivity contribution in [2.75, 3.05) is 19.8 Å². The lowest BCUT2D eigenvalue weighted by atomic mass is 9.71. The fourth-order valence-corrected chi connectivity index (χ4v) is 6.02. The Morgan fingerprint density at radius 3 is 2.58 bits per heavy atom. The van der Waals surface area contributed by atoms with E-state index < -0.39 is 0 Å². The maximum atomic E-state index is 13.5. The van der Waals surface area contributed by atoms with Crippen molar-refractivity contribution in [2.45, 2.75) is 63.3 Å². The second-order valence-electron chi connectivity index (χ2n) is 10.1. The lowest BCUT2D eigenvalue weighted by Gasteiger charge is -2.46. The molecule has 36 heavy (non-hydrogen) atoms. The summed E-state index contributed by atoms with van der Waals surface area (Å²) in [6.45, 7) is 3.98. The van der Waals surface area contributed by atoms with Crippen LogP contribution in [0.5, 0.6) is 11.5 Å². The Labute approximate surface area is 209 Å². The summed E-state index contributed by atoms with van der Waals surface area (Å²) in [5, 5.41) is 4.00. The highest BCUT2D eigenvalue weighted by molar-refractivity contribution is 5.77. The molecule has 6 rings (SSSR count). The van der Waals surface area contributed by atoms with Gasteiger partial charge in [-0.3, -0.25) is 4.79 Å². The number of nitrogens with zero attached hydrogens (tertiary/aromatic N) is 3. The number of hydrogen-bond acceptors (Lipinski definition) is 6. The van der Waals surface area contributed by atoms with Crippen LogP contribution in [-0.4, -0.2) is 40.7 Å². The molecule has 0 N–H and O–H groups in total. The van der Waals surface area contributed by atoms with Gasteiger partial charge in [0, 0.05) is 30.4 Å². The SMILES string of the molecule is CC1c2cc3c(cc2C2(CCCC2)CN1C(=O)CCCc1nc(-c2ccc(F)cc2)no1)OCCO3. The number of aryl methyl sites for hydroxylation is 1. The van der Waals surface area contributed by atoms with Crippen molar-refractivity contribution in [3.8, 4) is 22.9 Å². The number of fused-ring (bicyclic) bond motifs is 3. The zero-order valence-corrected chi connectivity index (χ0v) is 20.5. The fourth-order valence-electron chi connectivity index (χ4n) is 6.02. The van der Waals surface area contributed by atoms with Crippen LogP contribution in [0.1, 0.15) is 68.5 Å². The maximum absolute atomic E-state index is 13.5. The third-order valence-corrected chi connectivity index (χ3v) is 7.91. The molecular weight excluding hydrogens is 461 g/mol. The Balaban J connectivity index is 1.16. The molecule has 2 aromatic carbocycles. The molecule has 1 spiro atoms. The van der Waals surface area contributed by atoms with E-state index in [1.54, 1.807) is 12.1 Å². The summed E-state index contributed by atoms with van der Waals surface area (Å²) in [7, 11) is 0. The van der Waals surface area contributed by atoms with Crippen LogP contribution in [0.3, 0.4) is 0 Å². The van der Waals surface area contributed by atoms with Gasteiger partial charge in [0.05, 0.1) is 6.04 Å². The number of amides is 1. The van der Waals surface area contributed by atoms with Gasteiger partial charge >= 0.3 is 0 Å². The van der Waals surface area contributed by atoms with Crippen LogP contribution >= 0.6 is 0 Å². The Bertz CT molecular complexity index is 1270. The Morgan fingerprint density at radius 1 is 1.11 bits per heavy atom. The zero-order valence-electron chi connectivity index (χ0n) is 20.5. The minimum atomic E-state index is -0.310. The average molecular weight is 492 g/mol. The van der Waals surface area contributed by atoms with Crippen molar-refractivity contribution < 1.29 is 23.2 Å². The summed E-state index contributed by atoms with van der Waals surface area (Å²) in [4.78, 5) is 19.9. The van der Waals surface area contributed by atoms with Gasteiger partial charge in [0.15, 0.2) is 11.5 Å². The Morgan fingerprint density at radius 2 is 1.83 bits per heavy atom. The van der Waals surface area contributed by atoms with Crippen molar-refractivity contribution in [3.05, 3.63) is 59.2 Å². The van der Waals surface area contributed by atoms with E-state index in [2.05, 4.69) is 34.1 Å². The topological polar surface area (TPSA) is 77.7 Å². The molecule has 1 unspecified atom stereocenters. The molecule has 1 saturated carbocycles. The van der Waals surface area contributed by atoms with Crippen molar-refractivity contribution in [3.63, 3.8) is 0 Å². The number of aromatic nitrogens is 2. The number of carbonyl (C=O) groups excluding carboxylic acids is 1. The van der Waals surface area contributed by atoms with Crippen LogP contribution in [0.25, 0.3) is 11.4 Å². The lowest BCUT2D eigenvalue weighted by Crippen LogP contribution is -2.48. The third-order valence-electron chi connectivity index (χ3n) is 7.91. The summed E-state index contributed by atoms with van der Waals surface area (Å²) in [5.74, 6) is 2.36. The van der Waals surface area contributed by atoms with Gasteiger partial charge in [-0.25, -0.2) is 4.39 Å². The van der Waals surface area contributed by atoms with Crippen LogP contribution in [0.2, 0.25) is 0 Å². The molecule has 0 radical (unpaired) electrons. The van der Waals surface area contributed by atoms with Gasteiger partial charge in [-0.15, -0.1) is 0 Å². The second-order valence-corrected chi connectivity index (χ2v) is 10.1. The van der Waals surface area contributed by atoms with Crippen molar-refractivity contribution in [2.24, 2.45) is 0 Å². The van der Waals surface area contributed by atoms with Gasteiger partial charge in [0.2, 0.25) is 17.6 Å². The van der Waals surface area contributed by atoms with Crippen LogP contribution < -0.4 is 9.47 Å². The molecular formula is C28H30FN3O4. The lowest BCUT2D eigenvalue weighted by molar-refractivity contribution is -0.135. The summed E-state index contributed by atoms with van der Waals surface area (Å²) in [6.07, 6.45) is 6.08. The minimum Gasteiger partial charge on any atom is -0.486 e. The highest BCUT2D eigenvalue weighted by Gasteiger charge is 2.46. The number of ether oxygens (including phenoxy) is 2. The summed E-state index contributed by atoms with van der Waals surface area (Å²) in [5.41, 5.74) is 3.20. The van der Waals surface area contributed by atoms with Gasteiger partial charge in [0.25, 0.3) is 0 Å². The molecule has 2 aliphatic heterocycles. The van der Waals surface area contributed by atoms with E-state index in [-0.39, 0.29) is 23.2 Å². The van der Waals surface area contributed by atoms with Crippen LogP contribution in [-0.2, 0) is 16.6 Å². The standard InChI is InChI=1S/C28H30FN3O4/c1-18-21-15-23-24(35-14-13-34-23)16-22(21)28(11-2-3-12-28)17-32(18)26(33)6-4-5-25-30-27(31-36-25)19-7-9-20(29)10-8-19/h7-10,15-16,18H,2-6,11-14,17H2,1H3. The van der Waals surface area contributed by atoms with Gasteiger partial charge in [-0.1, -0.05) is 18.0 Å². The van der Waals surface area contributed by atoms with E-state index >= 15 is 0 Å². The van der Waals surface area contributed by atoms with Gasteiger partial charge in [-0.05, 0) is 73.7 Å². The molecule has 7 nitrogen and oxygen atoms in total. The Hall–Kier alpha value is -3.42. The van der Waals surface area contributed by atoms with Crippen molar-refractivity contribution >= 4 is 5.91 Å². The Kier molecular flexibility index (Phi) is 5.90. The van der Waals surface area contributed by atoms with Gasteiger partial charge in [-0.2, -0.15) is 4.98 Å². The number of benzene rings is 2.